The summed E-state index contributed by atoms with van der Waals surface area (Å²) in [4.78, 5) is 14.2. The number of rotatable bonds is 4. The van der Waals surface area contributed by atoms with E-state index in [1.807, 2.05) is 0 Å². The highest BCUT2D eigenvalue weighted by Gasteiger charge is 2.09. The second-order valence-electron chi connectivity index (χ2n) is 4.04. The van der Waals surface area contributed by atoms with Crippen LogP contribution in [0.4, 0.5) is 5.69 Å². The molecule has 0 aliphatic carbocycles. The maximum atomic E-state index is 10.6. The van der Waals surface area contributed by atoms with Crippen molar-refractivity contribution in [2.24, 2.45) is 5.73 Å². The second kappa shape index (κ2) is 5.45. The molecule has 1 heterocycles. The minimum absolute atomic E-state index is 0.0404. The van der Waals surface area contributed by atoms with Crippen molar-refractivity contribution in [1.82, 2.24) is 4.98 Å². The third-order valence-electron chi connectivity index (χ3n) is 2.60. The molecule has 0 spiro atoms. The molecule has 2 rings (SSSR count). The number of nitro benzene ring substituents is 1. The zero-order valence-electron chi connectivity index (χ0n) is 10.4. The minimum Gasteiger partial charge on any atom is -0.455 e. The van der Waals surface area contributed by atoms with Crippen LogP contribution in [0.2, 0.25) is 0 Å². The van der Waals surface area contributed by atoms with Gasteiger partial charge in [0, 0.05) is 24.9 Å². The van der Waals surface area contributed by atoms with Gasteiger partial charge in [-0.25, -0.2) is 0 Å². The van der Waals surface area contributed by atoms with E-state index in [0.717, 1.165) is 5.56 Å². The lowest BCUT2D eigenvalue weighted by molar-refractivity contribution is -0.384. The fourth-order valence-corrected chi connectivity index (χ4v) is 1.62. The summed E-state index contributed by atoms with van der Waals surface area (Å²) in [6.07, 6.45) is 3.23. The van der Waals surface area contributed by atoms with Gasteiger partial charge in [0.1, 0.15) is 11.5 Å². The van der Waals surface area contributed by atoms with Crippen molar-refractivity contribution in [3.8, 4) is 11.5 Å². The smallest absolute Gasteiger partial charge is 0.269 e. The molecule has 0 unspecified atom stereocenters. The van der Waals surface area contributed by atoms with Crippen molar-refractivity contribution in [3.63, 3.8) is 0 Å². The molecule has 0 amide bonds. The summed E-state index contributed by atoms with van der Waals surface area (Å²) in [5.74, 6) is 1.11. The van der Waals surface area contributed by atoms with Crippen molar-refractivity contribution in [2.75, 3.05) is 0 Å². The van der Waals surface area contributed by atoms with Crippen LogP contribution >= 0.6 is 0 Å². The predicted molar refractivity (Wildman–Crippen MR) is 70.0 cm³/mol. The fourth-order valence-electron chi connectivity index (χ4n) is 1.62. The molecule has 2 aromatic rings. The Bertz CT molecular complexity index is 614. The van der Waals surface area contributed by atoms with E-state index >= 15 is 0 Å². The Hall–Kier alpha value is -2.47. The van der Waals surface area contributed by atoms with Gasteiger partial charge in [0.25, 0.3) is 5.69 Å². The van der Waals surface area contributed by atoms with Crippen LogP contribution in [0, 0.1) is 17.0 Å². The molecule has 0 fully saturated rings. The van der Waals surface area contributed by atoms with Crippen LogP contribution in [-0.4, -0.2) is 9.91 Å². The lowest BCUT2D eigenvalue weighted by atomic mass is 10.2. The number of aryl methyl sites for hydroxylation is 1. The van der Waals surface area contributed by atoms with E-state index in [2.05, 4.69) is 4.98 Å². The molecule has 0 saturated carbocycles. The van der Waals surface area contributed by atoms with Crippen LogP contribution < -0.4 is 10.5 Å². The number of nitrogens with zero attached hydrogens (tertiary/aromatic N) is 2. The number of nitro groups is 1. The topological polar surface area (TPSA) is 91.3 Å². The first-order valence-corrected chi connectivity index (χ1v) is 5.67. The molecule has 1 aromatic heterocycles. The normalized spacial score (nSPS) is 10.2. The average Bonchev–Trinajstić information content (AvgIpc) is 2.41. The molecule has 6 heteroatoms. The Morgan fingerprint density at radius 3 is 2.79 bits per heavy atom. The van der Waals surface area contributed by atoms with Gasteiger partial charge < -0.3 is 10.5 Å². The molecule has 0 saturated heterocycles. The summed E-state index contributed by atoms with van der Waals surface area (Å²) in [5.41, 5.74) is 7.11. The van der Waals surface area contributed by atoms with E-state index in [1.165, 1.54) is 12.1 Å². The summed E-state index contributed by atoms with van der Waals surface area (Å²) < 4.78 is 5.65. The summed E-state index contributed by atoms with van der Waals surface area (Å²) in [7, 11) is 0. The number of ether oxygens (including phenoxy) is 1. The van der Waals surface area contributed by atoms with Gasteiger partial charge in [-0.3, -0.25) is 15.1 Å². The zero-order chi connectivity index (χ0) is 13.8. The van der Waals surface area contributed by atoms with E-state index in [0.29, 0.717) is 23.6 Å². The summed E-state index contributed by atoms with van der Waals surface area (Å²) in [6.45, 7) is 2.13. The van der Waals surface area contributed by atoms with Crippen molar-refractivity contribution in [2.45, 2.75) is 13.5 Å². The first-order chi connectivity index (χ1) is 9.10. The monoisotopic (exact) mass is 259 g/mol. The first kappa shape index (κ1) is 13.0. The van der Waals surface area contributed by atoms with Crippen molar-refractivity contribution < 1.29 is 9.66 Å². The Labute approximate surface area is 110 Å². The average molecular weight is 259 g/mol. The van der Waals surface area contributed by atoms with Gasteiger partial charge in [-0.15, -0.1) is 0 Å². The molecule has 98 valence electrons. The number of nitrogens with two attached hydrogens (primary N) is 1. The number of pyridine rings is 1. The van der Waals surface area contributed by atoms with Crippen LogP contribution in [0.3, 0.4) is 0 Å². The fraction of sp³-hybridized carbons (Fsp3) is 0.154. The van der Waals surface area contributed by atoms with Crippen molar-refractivity contribution in [1.29, 1.82) is 0 Å². The summed E-state index contributed by atoms with van der Waals surface area (Å²) in [6, 6.07) is 6.23. The van der Waals surface area contributed by atoms with E-state index in [1.54, 1.807) is 31.5 Å². The van der Waals surface area contributed by atoms with Gasteiger partial charge >= 0.3 is 0 Å². The molecule has 2 N–H and O–H groups in total. The van der Waals surface area contributed by atoms with Crippen LogP contribution in [0.25, 0.3) is 0 Å². The molecule has 0 atom stereocenters. The van der Waals surface area contributed by atoms with Crippen LogP contribution in [0.1, 0.15) is 11.1 Å². The highest BCUT2D eigenvalue weighted by Crippen LogP contribution is 2.27. The Morgan fingerprint density at radius 2 is 2.16 bits per heavy atom. The van der Waals surface area contributed by atoms with Crippen LogP contribution in [0.5, 0.6) is 11.5 Å². The van der Waals surface area contributed by atoms with Crippen LogP contribution in [-0.2, 0) is 6.54 Å². The Morgan fingerprint density at radius 1 is 1.37 bits per heavy atom. The molecule has 19 heavy (non-hydrogen) atoms. The summed E-state index contributed by atoms with van der Waals surface area (Å²) >= 11 is 0. The highest BCUT2D eigenvalue weighted by atomic mass is 16.6. The lowest BCUT2D eigenvalue weighted by Gasteiger charge is -2.08. The van der Waals surface area contributed by atoms with Gasteiger partial charge in [0.15, 0.2) is 0 Å². The van der Waals surface area contributed by atoms with Crippen molar-refractivity contribution in [3.05, 3.63) is 57.9 Å². The maximum absolute atomic E-state index is 10.6. The van der Waals surface area contributed by atoms with E-state index in [4.69, 9.17) is 10.5 Å². The molecule has 0 aliphatic rings. The molecular formula is C13H13N3O3. The van der Waals surface area contributed by atoms with Crippen LogP contribution in [0.15, 0.2) is 36.7 Å². The SMILES string of the molecule is Cc1cc([N+](=O)[O-])ccc1Oc1cncc(CN)c1. The first-order valence-electron chi connectivity index (χ1n) is 5.67. The molecule has 0 bridgehead atoms. The maximum Gasteiger partial charge on any atom is 0.269 e. The van der Waals surface area contributed by atoms with Gasteiger partial charge in [0.2, 0.25) is 0 Å². The molecule has 0 radical (unpaired) electrons. The van der Waals surface area contributed by atoms with Gasteiger partial charge in [-0.1, -0.05) is 0 Å². The molecule has 0 aliphatic heterocycles. The minimum atomic E-state index is -0.437. The highest BCUT2D eigenvalue weighted by molar-refractivity contribution is 5.44. The lowest BCUT2D eigenvalue weighted by Crippen LogP contribution is -1.98. The second-order valence-corrected chi connectivity index (χ2v) is 4.04. The third kappa shape index (κ3) is 3.05. The zero-order valence-corrected chi connectivity index (χ0v) is 10.4. The van der Waals surface area contributed by atoms with Gasteiger partial charge in [-0.2, -0.15) is 0 Å². The Kier molecular flexibility index (Phi) is 3.72. The van der Waals surface area contributed by atoms with E-state index in [-0.39, 0.29) is 5.69 Å². The summed E-state index contributed by atoms with van der Waals surface area (Å²) in [5, 5.41) is 10.6. The molecular weight excluding hydrogens is 246 g/mol. The molecule has 6 nitrogen and oxygen atoms in total. The number of hydrogen-bond donors (Lipinski definition) is 1. The number of benzene rings is 1. The van der Waals surface area contributed by atoms with Gasteiger partial charge in [-0.05, 0) is 30.2 Å². The van der Waals surface area contributed by atoms with E-state index < -0.39 is 4.92 Å². The number of non-ortho nitro benzene ring substituents is 1. The number of hydrogen-bond acceptors (Lipinski definition) is 5. The quantitative estimate of drug-likeness (QED) is 0.673. The van der Waals surface area contributed by atoms with E-state index in [9.17, 15) is 10.1 Å². The standard InChI is InChI=1S/C13H13N3O3/c1-9-4-11(16(17)18)2-3-13(9)19-12-5-10(6-14)7-15-8-12/h2-5,7-8H,6,14H2,1H3. The largest absolute Gasteiger partial charge is 0.455 e. The third-order valence-corrected chi connectivity index (χ3v) is 2.60. The molecule has 1 aromatic carbocycles. The van der Waals surface area contributed by atoms with Gasteiger partial charge in [0.05, 0.1) is 11.1 Å². The number of aromatic nitrogens is 1. The predicted octanol–water partition coefficient (Wildman–Crippen LogP) is 2.55. The Balaban J connectivity index is 2.25. The van der Waals surface area contributed by atoms with Crippen molar-refractivity contribution >= 4 is 5.69 Å².